The van der Waals surface area contributed by atoms with Gasteiger partial charge in [-0.15, -0.1) is 0 Å². The Morgan fingerprint density at radius 2 is 1.32 bits per heavy atom. The molecule has 1 fully saturated rings. The molecule has 0 heterocycles. The molecule has 3 rings (SSSR count). The third-order valence-electron chi connectivity index (χ3n) is 5.71. The molecule has 0 aromatic heterocycles. The number of carbonyl (C=O) groups excluding carboxylic acids is 2. The smallest absolute Gasteiger partial charge is 0.230 e. The Morgan fingerprint density at radius 3 is 1.86 bits per heavy atom. The summed E-state index contributed by atoms with van der Waals surface area (Å²) in [6, 6.07) is 19.9. The first-order chi connectivity index (χ1) is 13.6. The zero-order valence-corrected chi connectivity index (χ0v) is 16.9. The van der Waals surface area contributed by atoms with Gasteiger partial charge in [0.05, 0.1) is 0 Å². The lowest BCUT2D eigenvalue weighted by atomic mass is 9.80. The Morgan fingerprint density at radius 1 is 0.821 bits per heavy atom. The predicted octanol–water partition coefficient (Wildman–Crippen LogP) is 4.50. The molecule has 0 atom stereocenters. The lowest BCUT2D eigenvalue weighted by Crippen LogP contribution is -2.40. The maximum atomic E-state index is 13.0. The molecule has 148 valence electrons. The van der Waals surface area contributed by atoms with Gasteiger partial charge in [-0.1, -0.05) is 48.5 Å². The first-order valence-electron chi connectivity index (χ1n) is 10.3. The molecule has 4 nitrogen and oxygen atoms in total. The van der Waals surface area contributed by atoms with E-state index < -0.39 is 0 Å². The Hall–Kier alpha value is -2.62. The maximum absolute atomic E-state index is 13.0. The van der Waals surface area contributed by atoms with Crippen LogP contribution in [-0.4, -0.2) is 30.3 Å². The zero-order chi connectivity index (χ0) is 19.9. The molecule has 2 aromatic carbocycles. The van der Waals surface area contributed by atoms with Crippen molar-refractivity contribution in [3.05, 3.63) is 66.2 Å². The summed E-state index contributed by atoms with van der Waals surface area (Å²) in [4.78, 5) is 29.5. The number of hydrogen-bond acceptors (Lipinski definition) is 2. The van der Waals surface area contributed by atoms with E-state index in [0.717, 1.165) is 36.9 Å². The normalized spacial score (nSPS) is 19.1. The minimum Gasteiger partial charge on any atom is -0.341 e. The highest BCUT2D eigenvalue weighted by molar-refractivity contribution is 5.95. The lowest BCUT2D eigenvalue weighted by molar-refractivity contribution is -0.137. The van der Waals surface area contributed by atoms with Crippen LogP contribution in [0, 0.1) is 11.8 Å². The molecule has 0 unspecified atom stereocenters. The summed E-state index contributed by atoms with van der Waals surface area (Å²) in [7, 11) is 1.88. The number of benzene rings is 2. The zero-order valence-electron chi connectivity index (χ0n) is 16.9. The molecule has 1 aliphatic carbocycles. The summed E-state index contributed by atoms with van der Waals surface area (Å²) in [6.07, 6.45) is 3.16. The molecular formula is C24H30N2O2. The van der Waals surface area contributed by atoms with Crippen molar-refractivity contribution in [3.8, 4) is 0 Å². The van der Waals surface area contributed by atoms with Crippen LogP contribution in [-0.2, 0) is 16.1 Å². The molecule has 1 saturated carbocycles. The van der Waals surface area contributed by atoms with E-state index in [-0.39, 0.29) is 23.7 Å². The third kappa shape index (κ3) is 4.80. The largest absolute Gasteiger partial charge is 0.341 e. The van der Waals surface area contributed by atoms with Gasteiger partial charge in [0.25, 0.3) is 0 Å². The molecule has 1 aliphatic rings. The highest BCUT2D eigenvalue weighted by Crippen LogP contribution is 2.32. The fourth-order valence-electron chi connectivity index (χ4n) is 4.13. The third-order valence-corrected chi connectivity index (χ3v) is 5.71. The number of nitrogens with zero attached hydrogens (tertiary/aromatic N) is 2. The molecule has 0 bridgehead atoms. The molecule has 2 aromatic rings. The van der Waals surface area contributed by atoms with Crippen LogP contribution < -0.4 is 4.90 Å². The van der Waals surface area contributed by atoms with Crippen LogP contribution in [0.3, 0.4) is 0 Å². The number of amides is 2. The first-order valence-corrected chi connectivity index (χ1v) is 10.3. The van der Waals surface area contributed by atoms with Gasteiger partial charge in [-0.05, 0) is 50.3 Å². The molecule has 0 radical (unpaired) electrons. The van der Waals surface area contributed by atoms with Crippen molar-refractivity contribution in [2.45, 2.75) is 39.2 Å². The first kappa shape index (κ1) is 20.1. The van der Waals surface area contributed by atoms with Crippen LogP contribution in [0.1, 0.15) is 38.2 Å². The van der Waals surface area contributed by atoms with Crippen molar-refractivity contribution in [1.29, 1.82) is 0 Å². The van der Waals surface area contributed by atoms with Crippen molar-refractivity contribution in [1.82, 2.24) is 4.90 Å². The quantitative estimate of drug-likeness (QED) is 0.742. The number of anilines is 1. The van der Waals surface area contributed by atoms with E-state index in [0.29, 0.717) is 13.1 Å². The topological polar surface area (TPSA) is 40.6 Å². The average Bonchev–Trinajstić information content (AvgIpc) is 2.75. The SMILES string of the molecule is CCN(C(=O)C1CCC(C(=O)N(C)Cc2ccccc2)CC1)c1ccccc1. The van der Waals surface area contributed by atoms with Crippen molar-refractivity contribution >= 4 is 17.5 Å². The van der Waals surface area contributed by atoms with Gasteiger partial charge in [-0.2, -0.15) is 0 Å². The standard InChI is InChI=1S/C24H30N2O2/c1-3-26(22-12-8-5-9-13-22)24(28)21-16-14-20(15-17-21)23(27)25(2)18-19-10-6-4-7-11-19/h4-13,20-21H,3,14-18H2,1-2H3. The van der Waals surface area contributed by atoms with E-state index in [4.69, 9.17) is 0 Å². The van der Waals surface area contributed by atoms with Crippen LogP contribution in [0.4, 0.5) is 5.69 Å². The molecular weight excluding hydrogens is 348 g/mol. The number of para-hydroxylation sites is 1. The minimum absolute atomic E-state index is 0.0173. The summed E-state index contributed by atoms with van der Waals surface area (Å²) >= 11 is 0. The van der Waals surface area contributed by atoms with E-state index in [2.05, 4.69) is 0 Å². The van der Waals surface area contributed by atoms with Gasteiger partial charge < -0.3 is 9.80 Å². The Kier molecular flexibility index (Phi) is 6.85. The minimum atomic E-state index is 0.0173. The van der Waals surface area contributed by atoms with E-state index >= 15 is 0 Å². The van der Waals surface area contributed by atoms with Crippen LogP contribution >= 0.6 is 0 Å². The second-order valence-corrected chi connectivity index (χ2v) is 7.65. The van der Waals surface area contributed by atoms with Gasteiger partial charge in [-0.3, -0.25) is 9.59 Å². The fraction of sp³-hybridized carbons (Fsp3) is 0.417. The van der Waals surface area contributed by atoms with Crippen LogP contribution in [0.5, 0.6) is 0 Å². The molecule has 0 N–H and O–H groups in total. The summed E-state index contributed by atoms with van der Waals surface area (Å²) < 4.78 is 0. The highest BCUT2D eigenvalue weighted by Gasteiger charge is 2.33. The summed E-state index contributed by atoms with van der Waals surface area (Å²) in [5.41, 5.74) is 2.10. The molecule has 4 heteroatoms. The van der Waals surface area contributed by atoms with Crippen LogP contribution in [0.25, 0.3) is 0 Å². The van der Waals surface area contributed by atoms with E-state index in [9.17, 15) is 9.59 Å². The maximum Gasteiger partial charge on any atom is 0.230 e. The number of carbonyl (C=O) groups is 2. The van der Waals surface area contributed by atoms with Crippen molar-refractivity contribution in [2.75, 3.05) is 18.5 Å². The molecule has 0 saturated heterocycles. The average molecular weight is 379 g/mol. The number of hydrogen-bond donors (Lipinski definition) is 0. The Labute approximate surface area is 168 Å². The van der Waals surface area contributed by atoms with Gasteiger partial charge in [0.2, 0.25) is 11.8 Å². The second-order valence-electron chi connectivity index (χ2n) is 7.65. The second kappa shape index (κ2) is 9.54. The van der Waals surface area contributed by atoms with Crippen LogP contribution in [0.2, 0.25) is 0 Å². The summed E-state index contributed by atoms with van der Waals surface area (Å²) in [6.45, 7) is 3.32. The van der Waals surface area contributed by atoms with Crippen LogP contribution in [0.15, 0.2) is 60.7 Å². The monoisotopic (exact) mass is 378 g/mol. The van der Waals surface area contributed by atoms with Crippen molar-refractivity contribution < 1.29 is 9.59 Å². The Balaban J connectivity index is 1.54. The van der Waals surface area contributed by atoms with Gasteiger partial charge >= 0.3 is 0 Å². The molecule has 0 aliphatic heterocycles. The Bertz CT molecular complexity index is 768. The summed E-state index contributed by atoms with van der Waals surface area (Å²) in [5, 5.41) is 0. The molecule has 28 heavy (non-hydrogen) atoms. The number of rotatable bonds is 6. The van der Waals surface area contributed by atoms with Crippen molar-refractivity contribution in [2.24, 2.45) is 11.8 Å². The summed E-state index contributed by atoms with van der Waals surface area (Å²) in [5.74, 6) is 0.440. The molecule has 2 amide bonds. The highest BCUT2D eigenvalue weighted by atomic mass is 16.2. The van der Waals surface area contributed by atoms with Gasteiger partial charge in [0.1, 0.15) is 0 Å². The van der Waals surface area contributed by atoms with E-state index in [1.54, 1.807) is 0 Å². The van der Waals surface area contributed by atoms with Crippen molar-refractivity contribution in [3.63, 3.8) is 0 Å². The van der Waals surface area contributed by atoms with Gasteiger partial charge in [0, 0.05) is 37.7 Å². The molecule has 0 spiro atoms. The predicted molar refractivity (Wildman–Crippen MR) is 113 cm³/mol. The lowest BCUT2D eigenvalue weighted by Gasteiger charge is -2.33. The fourth-order valence-corrected chi connectivity index (χ4v) is 4.13. The van der Waals surface area contributed by atoms with E-state index in [1.807, 2.05) is 84.4 Å². The van der Waals surface area contributed by atoms with Gasteiger partial charge in [0.15, 0.2) is 0 Å². The van der Waals surface area contributed by atoms with Gasteiger partial charge in [-0.25, -0.2) is 0 Å². The van der Waals surface area contributed by atoms with E-state index in [1.165, 1.54) is 0 Å².